The quantitative estimate of drug-likeness (QED) is 0.713. The summed E-state index contributed by atoms with van der Waals surface area (Å²) in [6.07, 6.45) is 1.59. The van der Waals surface area contributed by atoms with Gasteiger partial charge in [0.2, 0.25) is 0 Å². The Morgan fingerprint density at radius 1 is 1.19 bits per heavy atom. The zero-order chi connectivity index (χ0) is 14.7. The molecule has 1 atom stereocenters. The molecule has 21 heavy (non-hydrogen) atoms. The lowest BCUT2D eigenvalue weighted by Crippen LogP contribution is -2.01. The lowest BCUT2D eigenvalue weighted by molar-refractivity contribution is 0.581. The van der Waals surface area contributed by atoms with Gasteiger partial charge in [0.25, 0.3) is 0 Å². The number of benzene rings is 1. The fourth-order valence-electron chi connectivity index (χ4n) is 1.89. The third kappa shape index (κ3) is 3.46. The van der Waals surface area contributed by atoms with Gasteiger partial charge in [0.1, 0.15) is 5.82 Å². The van der Waals surface area contributed by atoms with Gasteiger partial charge in [-0.15, -0.1) is 11.3 Å². The standard InChI is InChI=1S/C15H12FNO2S2/c16-13-5-2-1-4-11(13)9-21(18)10-12-8-20-15(17-12)14-6-3-7-19-14/h1-8H,9-10H2. The second-order valence-electron chi connectivity index (χ2n) is 4.44. The second-order valence-corrected chi connectivity index (χ2v) is 6.76. The molecule has 1 unspecified atom stereocenters. The first-order valence-electron chi connectivity index (χ1n) is 6.29. The van der Waals surface area contributed by atoms with Crippen molar-refractivity contribution >= 4 is 22.1 Å². The molecule has 2 heterocycles. The largest absolute Gasteiger partial charge is 0.462 e. The Labute approximate surface area is 127 Å². The van der Waals surface area contributed by atoms with Crippen LogP contribution in [0, 0.1) is 5.82 Å². The van der Waals surface area contributed by atoms with Crippen molar-refractivity contribution in [2.45, 2.75) is 11.5 Å². The lowest BCUT2D eigenvalue weighted by Gasteiger charge is -2.02. The summed E-state index contributed by atoms with van der Waals surface area (Å²) in [6, 6.07) is 10.0. The molecule has 108 valence electrons. The molecule has 1 aromatic carbocycles. The summed E-state index contributed by atoms with van der Waals surface area (Å²) < 4.78 is 30.9. The van der Waals surface area contributed by atoms with E-state index < -0.39 is 10.8 Å². The van der Waals surface area contributed by atoms with Crippen LogP contribution in [0.4, 0.5) is 4.39 Å². The van der Waals surface area contributed by atoms with Crippen molar-refractivity contribution in [3.8, 4) is 10.8 Å². The minimum Gasteiger partial charge on any atom is -0.462 e. The number of aromatic nitrogens is 1. The first kappa shape index (κ1) is 14.2. The van der Waals surface area contributed by atoms with E-state index in [2.05, 4.69) is 4.98 Å². The highest BCUT2D eigenvalue weighted by atomic mass is 32.2. The van der Waals surface area contributed by atoms with E-state index in [1.54, 1.807) is 30.5 Å². The molecule has 0 saturated heterocycles. The van der Waals surface area contributed by atoms with Gasteiger partial charge >= 0.3 is 0 Å². The van der Waals surface area contributed by atoms with Crippen molar-refractivity contribution in [2.24, 2.45) is 0 Å². The molecule has 0 spiro atoms. The van der Waals surface area contributed by atoms with Crippen LogP contribution in [-0.2, 0) is 22.3 Å². The number of rotatable bonds is 5. The molecule has 2 aromatic heterocycles. The second kappa shape index (κ2) is 6.32. The maximum Gasteiger partial charge on any atom is 0.162 e. The molecule has 0 radical (unpaired) electrons. The predicted molar refractivity (Wildman–Crippen MR) is 81.8 cm³/mol. The first-order chi connectivity index (χ1) is 10.2. The Kier molecular flexibility index (Phi) is 4.26. The fourth-order valence-corrected chi connectivity index (χ4v) is 3.94. The minimum absolute atomic E-state index is 0.195. The van der Waals surface area contributed by atoms with E-state index in [4.69, 9.17) is 4.42 Å². The highest BCUT2D eigenvalue weighted by Gasteiger charge is 2.11. The van der Waals surface area contributed by atoms with Crippen molar-refractivity contribution in [2.75, 3.05) is 0 Å². The highest BCUT2D eigenvalue weighted by Crippen LogP contribution is 2.24. The van der Waals surface area contributed by atoms with Crippen molar-refractivity contribution in [1.29, 1.82) is 0 Å². The number of furan rings is 1. The van der Waals surface area contributed by atoms with Crippen LogP contribution in [0.1, 0.15) is 11.3 Å². The average Bonchev–Trinajstić information content (AvgIpc) is 3.12. The van der Waals surface area contributed by atoms with Gasteiger partial charge in [-0.2, -0.15) is 0 Å². The van der Waals surface area contributed by atoms with Crippen LogP contribution in [0.3, 0.4) is 0 Å². The normalized spacial score (nSPS) is 12.4. The maximum absolute atomic E-state index is 13.5. The summed E-state index contributed by atoms with van der Waals surface area (Å²) in [5.74, 6) is 0.887. The summed E-state index contributed by atoms with van der Waals surface area (Å²) in [6.45, 7) is 0. The van der Waals surface area contributed by atoms with Gasteiger partial charge in [-0.3, -0.25) is 4.21 Å². The van der Waals surface area contributed by atoms with Crippen LogP contribution in [0.5, 0.6) is 0 Å². The first-order valence-corrected chi connectivity index (χ1v) is 8.66. The van der Waals surface area contributed by atoms with E-state index in [0.717, 1.165) is 10.7 Å². The van der Waals surface area contributed by atoms with Crippen LogP contribution >= 0.6 is 11.3 Å². The summed E-state index contributed by atoms with van der Waals surface area (Å²) in [4.78, 5) is 4.39. The van der Waals surface area contributed by atoms with E-state index in [0.29, 0.717) is 17.1 Å². The summed E-state index contributed by atoms with van der Waals surface area (Å²) >= 11 is 1.45. The van der Waals surface area contributed by atoms with Crippen molar-refractivity contribution < 1.29 is 13.0 Å². The van der Waals surface area contributed by atoms with Crippen LogP contribution in [-0.4, -0.2) is 9.19 Å². The Hall–Kier alpha value is -1.79. The van der Waals surface area contributed by atoms with Gasteiger partial charge < -0.3 is 4.42 Å². The molecule has 0 aliphatic heterocycles. The predicted octanol–water partition coefficient (Wildman–Crippen LogP) is 3.99. The Morgan fingerprint density at radius 2 is 2.05 bits per heavy atom. The smallest absolute Gasteiger partial charge is 0.162 e. The Balaban J connectivity index is 1.67. The van der Waals surface area contributed by atoms with Crippen LogP contribution < -0.4 is 0 Å². The van der Waals surface area contributed by atoms with Crippen molar-refractivity contribution in [3.05, 3.63) is 65.1 Å². The number of halogens is 1. The van der Waals surface area contributed by atoms with E-state index in [-0.39, 0.29) is 11.6 Å². The zero-order valence-electron chi connectivity index (χ0n) is 11.0. The molecule has 3 nitrogen and oxygen atoms in total. The van der Waals surface area contributed by atoms with Crippen LogP contribution in [0.2, 0.25) is 0 Å². The molecule has 0 aliphatic carbocycles. The Morgan fingerprint density at radius 3 is 2.81 bits per heavy atom. The molecule has 0 saturated carbocycles. The number of hydrogen-bond donors (Lipinski definition) is 0. The summed E-state index contributed by atoms with van der Waals surface area (Å²) in [5, 5.41) is 2.62. The molecule has 0 N–H and O–H groups in total. The number of hydrogen-bond acceptors (Lipinski definition) is 4. The average molecular weight is 321 g/mol. The summed E-state index contributed by atoms with van der Waals surface area (Å²) in [7, 11) is -1.19. The highest BCUT2D eigenvalue weighted by molar-refractivity contribution is 7.83. The van der Waals surface area contributed by atoms with Crippen LogP contribution in [0.15, 0.2) is 52.5 Å². The van der Waals surface area contributed by atoms with E-state index in [9.17, 15) is 8.60 Å². The van der Waals surface area contributed by atoms with Gasteiger partial charge in [0.05, 0.1) is 23.5 Å². The molecule has 3 aromatic rings. The molecule has 3 rings (SSSR count). The van der Waals surface area contributed by atoms with Crippen molar-refractivity contribution in [3.63, 3.8) is 0 Å². The summed E-state index contributed by atoms with van der Waals surface area (Å²) in [5.41, 5.74) is 1.21. The van der Waals surface area contributed by atoms with Gasteiger partial charge in [0.15, 0.2) is 10.8 Å². The van der Waals surface area contributed by atoms with Crippen LogP contribution in [0.25, 0.3) is 10.8 Å². The van der Waals surface area contributed by atoms with E-state index in [1.807, 2.05) is 11.4 Å². The molecule has 6 heteroatoms. The maximum atomic E-state index is 13.5. The van der Waals surface area contributed by atoms with Gasteiger partial charge in [-0.05, 0) is 18.2 Å². The fraction of sp³-hybridized carbons (Fsp3) is 0.133. The zero-order valence-corrected chi connectivity index (χ0v) is 12.6. The third-order valence-corrected chi connectivity index (χ3v) is 5.02. The van der Waals surface area contributed by atoms with E-state index >= 15 is 0 Å². The third-order valence-electron chi connectivity index (χ3n) is 2.87. The molecule has 0 fully saturated rings. The number of thiazole rings is 1. The number of nitrogens with zero attached hydrogens (tertiary/aromatic N) is 1. The van der Waals surface area contributed by atoms with Gasteiger partial charge in [-0.1, -0.05) is 18.2 Å². The Bertz CT molecular complexity index is 753. The molecular formula is C15H12FNO2S2. The molecule has 0 bridgehead atoms. The van der Waals surface area contributed by atoms with E-state index in [1.165, 1.54) is 17.4 Å². The van der Waals surface area contributed by atoms with Gasteiger partial charge in [0, 0.05) is 21.7 Å². The SMILES string of the molecule is O=S(Cc1csc(-c2ccco2)n1)Cc1ccccc1F. The van der Waals surface area contributed by atoms with Crippen molar-refractivity contribution in [1.82, 2.24) is 4.98 Å². The van der Waals surface area contributed by atoms with Gasteiger partial charge in [-0.25, -0.2) is 9.37 Å². The molecule has 0 amide bonds. The monoisotopic (exact) mass is 321 g/mol. The molecule has 0 aliphatic rings. The topological polar surface area (TPSA) is 43.1 Å². The molecular weight excluding hydrogens is 309 g/mol. The minimum atomic E-state index is -1.19. The lowest BCUT2D eigenvalue weighted by atomic mass is 10.2.